The van der Waals surface area contributed by atoms with Crippen LogP contribution in [0.3, 0.4) is 0 Å². The highest BCUT2D eigenvalue weighted by Gasteiger charge is 2.15. The van der Waals surface area contributed by atoms with Crippen LogP contribution in [0.1, 0.15) is 13.8 Å². The van der Waals surface area contributed by atoms with E-state index in [4.69, 9.17) is 9.47 Å². The van der Waals surface area contributed by atoms with Crippen molar-refractivity contribution in [3.05, 3.63) is 54.6 Å². The molecule has 0 fully saturated rings. The zero-order valence-corrected chi connectivity index (χ0v) is 11.7. The van der Waals surface area contributed by atoms with Crippen LogP contribution in [0.4, 0.5) is 0 Å². The summed E-state index contributed by atoms with van der Waals surface area (Å²) in [6.07, 6.45) is -0.610. The van der Waals surface area contributed by atoms with Crippen molar-refractivity contribution in [2.75, 3.05) is 6.61 Å². The van der Waals surface area contributed by atoms with Crippen LogP contribution >= 0.6 is 0 Å². The minimum absolute atomic E-state index is 0.349. The summed E-state index contributed by atoms with van der Waals surface area (Å²) < 4.78 is 10.5. The maximum Gasteiger partial charge on any atom is 0.347 e. The molecule has 2 aromatic carbocycles. The van der Waals surface area contributed by atoms with E-state index in [-0.39, 0.29) is 5.97 Å². The van der Waals surface area contributed by atoms with Crippen molar-refractivity contribution >= 4 is 5.97 Å². The van der Waals surface area contributed by atoms with Gasteiger partial charge in [-0.3, -0.25) is 0 Å². The number of benzene rings is 2. The molecule has 3 heteroatoms. The Balaban J connectivity index is 2.12. The molecule has 0 spiro atoms. The molecule has 0 aromatic heterocycles. The summed E-state index contributed by atoms with van der Waals surface area (Å²) in [7, 11) is 0. The summed E-state index contributed by atoms with van der Waals surface area (Å²) in [5.74, 6) is 0.310. The maximum atomic E-state index is 11.6. The quantitative estimate of drug-likeness (QED) is 0.777. The van der Waals surface area contributed by atoms with Crippen molar-refractivity contribution in [2.24, 2.45) is 0 Å². The molecular weight excluding hydrogens is 252 g/mol. The molecule has 2 rings (SSSR count). The molecule has 0 saturated heterocycles. The Hall–Kier alpha value is -2.29. The molecule has 0 radical (unpaired) electrons. The summed E-state index contributed by atoms with van der Waals surface area (Å²) in [5.41, 5.74) is 2.17. The highest BCUT2D eigenvalue weighted by molar-refractivity contribution is 5.74. The minimum Gasteiger partial charge on any atom is -0.479 e. The first-order valence-electron chi connectivity index (χ1n) is 6.69. The van der Waals surface area contributed by atoms with Crippen molar-refractivity contribution in [1.82, 2.24) is 0 Å². The fourth-order valence-corrected chi connectivity index (χ4v) is 1.89. The van der Waals surface area contributed by atoms with Gasteiger partial charge in [0.2, 0.25) is 0 Å². The van der Waals surface area contributed by atoms with E-state index in [2.05, 4.69) is 0 Å². The van der Waals surface area contributed by atoms with Crippen LogP contribution in [0.25, 0.3) is 11.1 Å². The average Bonchev–Trinajstić information content (AvgIpc) is 2.48. The maximum absolute atomic E-state index is 11.6. The van der Waals surface area contributed by atoms with E-state index in [0.717, 1.165) is 11.1 Å². The van der Waals surface area contributed by atoms with Crippen molar-refractivity contribution in [3.8, 4) is 16.9 Å². The first kappa shape index (κ1) is 14.1. The van der Waals surface area contributed by atoms with E-state index in [9.17, 15) is 4.79 Å². The predicted molar refractivity (Wildman–Crippen MR) is 78.6 cm³/mol. The molecule has 0 heterocycles. The Morgan fingerprint density at radius 3 is 2.45 bits per heavy atom. The standard InChI is InChI=1S/C17H18O3/c1-3-19-17(18)13(2)20-16-11-7-10-15(12-16)14-8-5-4-6-9-14/h4-13H,3H2,1-2H3/t13-/m0/s1. The largest absolute Gasteiger partial charge is 0.479 e. The summed E-state index contributed by atoms with van der Waals surface area (Å²) in [4.78, 5) is 11.6. The van der Waals surface area contributed by atoms with Crippen molar-refractivity contribution < 1.29 is 14.3 Å². The third kappa shape index (κ3) is 3.60. The number of hydrogen-bond donors (Lipinski definition) is 0. The normalized spacial score (nSPS) is 11.7. The van der Waals surface area contributed by atoms with Crippen LogP contribution in [0.15, 0.2) is 54.6 Å². The SMILES string of the molecule is CCOC(=O)[C@H](C)Oc1cccc(-c2ccccc2)c1. The third-order valence-electron chi connectivity index (χ3n) is 2.87. The third-order valence-corrected chi connectivity index (χ3v) is 2.87. The lowest BCUT2D eigenvalue weighted by atomic mass is 10.1. The molecule has 0 aliphatic rings. The Bertz CT molecular complexity index is 563. The van der Waals surface area contributed by atoms with Crippen LogP contribution in [-0.2, 0) is 9.53 Å². The van der Waals surface area contributed by atoms with Crippen molar-refractivity contribution in [1.29, 1.82) is 0 Å². The number of ether oxygens (including phenoxy) is 2. The van der Waals surface area contributed by atoms with Gasteiger partial charge in [0.25, 0.3) is 0 Å². The lowest BCUT2D eigenvalue weighted by Gasteiger charge is -2.14. The molecule has 104 valence electrons. The van der Waals surface area contributed by atoms with Crippen LogP contribution in [-0.4, -0.2) is 18.7 Å². The molecule has 20 heavy (non-hydrogen) atoms. The molecule has 0 unspecified atom stereocenters. The Morgan fingerprint density at radius 1 is 1.05 bits per heavy atom. The zero-order chi connectivity index (χ0) is 14.4. The van der Waals surface area contributed by atoms with Gasteiger partial charge in [0.15, 0.2) is 6.10 Å². The number of carbonyl (C=O) groups is 1. The molecule has 0 bridgehead atoms. The van der Waals surface area contributed by atoms with Gasteiger partial charge in [-0.1, -0.05) is 42.5 Å². The van der Waals surface area contributed by atoms with E-state index in [1.54, 1.807) is 13.8 Å². The van der Waals surface area contributed by atoms with Gasteiger partial charge in [-0.15, -0.1) is 0 Å². The summed E-state index contributed by atoms with van der Waals surface area (Å²) in [6, 6.07) is 17.7. The van der Waals surface area contributed by atoms with E-state index in [0.29, 0.717) is 12.4 Å². The highest BCUT2D eigenvalue weighted by Crippen LogP contribution is 2.24. The molecule has 2 aromatic rings. The van der Waals surface area contributed by atoms with Gasteiger partial charge < -0.3 is 9.47 Å². The lowest BCUT2D eigenvalue weighted by molar-refractivity contribution is -0.150. The molecule has 3 nitrogen and oxygen atoms in total. The molecule has 0 N–H and O–H groups in total. The van der Waals surface area contributed by atoms with Gasteiger partial charge >= 0.3 is 5.97 Å². The van der Waals surface area contributed by atoms with Crippen LogP contribution in [0.5, 0.6) is 5.75 Å². The van der Waals surface area contributed by atoms with E-state index in [1.165, 1.54) is 0 Å². The van der Waals surface area contributed by atoms with Gasteiger partial charge in [-0.05, 0) is 37.1 Å². The smallest absolute Gasteiger partial charge is 0.347 e. The molecule has 0 amide bonds. The van der Waals surface area contributed by atoms with Gasteiger partial charge in [-0.2, -0.15) is 0 Å². The van der Waals surface area contributed by atoms with Crippen LogP contribution in [0.2, 0.25) is 0 Å². The Labute approximate surface area is 119 Å². The number of hydrogen-bond acceptors (Lipinski definition) is 3. The van der Waals surface area contributed by atoms with E-state index >= 15 is 0 Å². The molecular formula is C17H18O3. The second-order valence-corrected chi connectivity index (χ2v) is 4.41. The van der Waals surface area contributed by atoms with Crippen molar-refractivity contribution in [2.45, 2.75) is 20.0 Å². The minimum atomic E-state index is -0.610. The van der Waals surface area contributed by atoms with E-state index < -0.39 is 6.10 Å². The van der Waals surface area contributed by atoms with Crippen LogP contribution in [0, 0.1) is 0 Å². The summed E-state index contributed by atoms with van der Waals surface area (Å²) in [5, 5.41) is 0. The molecule has 1 atom stereocenters. The average molecular weight is 270 g/mol. The number of esters is 1. The number of rotatable bonds is 5. The highest BCUT2D eigenvalue weighted by atomic mass is 16.6. The number of carbonyl (C=O) groups excluding carboxylic acids is 1. The molecule has 0 aliphatic carbocycles. The fraction of sp³-hybridized carbons (Fsp3) is 0.235. The fourth-order valence-electron chi connectivity index (χ4n) is 1.89. The predicted octanol–water partition coefficient (Wildman–Crippen LogP) is 3.68. The molecule has 0 aliphatic heterocycles. The Kier molecular flexibility index (Phi) is 4.77. The van der Waals surface area contributed by atoms with E-state index in [1.807, 2.05) is 54.6 Å². The second-order valence-electron chi connectivity index (χ2n) is 4.41. The zero-order valence-electron chi connectivity index (χ0n) is 11.7. The summed E-state index contributed by atoms with van der Waals surface area (Å²) >= 11 is 0. The van der Waals surface area contributed by atoms with Gasteiger partial charge in [-0.25, -0.2) is 4.79 Å². The van der Waals surface area contributed by atoms with Crippen LogP contribution < -0.4 is 4.74 Å². The lowest BCUT2D eigenvalue weighted by Crippen LogP contribution is -2.26. The topological polar surface area (TPSA) is 35.5 Å². The van der Waals surface area contributed by atoms with Gasteiger partial charge in [0.1, 0.15) is 5.75 Å². The summed E-state index contributed by atoms with van der Waals surface area (Å²) in [6.45, 7) is 3.82. The first-order valence-corrected chi connectivity index (χ1v) is 6.69. The first-order chi connectivity index (χ1) is 9.70. The Morgan fingerprint density at radius 2 is 1.75 bits per heavy atom. The molecule has 0 saturated carbocycles. The van der Waals surface area contributed by atoms with Gasteiger partial charge in [0.05, 0.1) is 6.61 Å². The van der Waals surface area contributed by atoms with Crippen molar-refractivity contribution in [3.63, 3.8) is 0 Å². The van der Waals surface area contributed by atoms with Gasteiger partial charge in [0, 0.05) is 0 Å². The monoisotopic (exact) mass is 270 g/mol. The second kappa shape index (κ2) is 6.75.